The standard InChI is InChI=1S/C17H26BrNOS/c1-4-9-19-16(17(2)8-5-10-21-17)12-13-6-7-15(20-3)14(18)11-13/h6-7,11,16,19H,4-5,8-10,12H2,1-3H3. The minimum Gasteiger partial charge on any atom is -0.496 e. The van der Waals surface area contributed by atoms with Crippen LogP contribution in [0.5, 0.6) is 5.75 Å². The lowest BCUT2D eigenvalue weighted by atomic mass is 9.90. The molecule has 1 aromatic rings. The van der Waals surface area contributed by atoms with Crippen LogP contribution < -0.4 is 10.1 Å². The van der Waals surface area contributed by atoms with Crippen molar-refractivity contribution >= 4 is 27.7 Å². The van der Waals surface area contributed by atoms with Crippen LogP contribution in [-0.2, 0) is 6.42 Å². The van der Waals surface area contributed by atoms with Gasteiger partial charge in [0, 0.05) is 10.8 Å². The third-order valence-electron chi connectivity index (χ3n) is 4.28. The molecule has 2 unspecified atom stereocenters. The van der Waals surface area contributed by atoms with E-state index in [-0.39, 0.29) is 0 Å². The predicted molar refractivity (Wildman–Crippen MR) is 96.6 cm³/mol. The molecule has 0 aliphatic carbocycles. The van der Waals surface area contributed by atoms with E-state index < -0.39 is 0 Å². The Morgan fingerprint density at radius 3 is 2.86 bits per heavy atom. The fraction of sp³-hybridized carbons (Fsp3) is 0.647. The lowest BCUT2D eigenvalue weighted by Crippen LogP contribution is -2.47. The van der Waals surface area contributed by atoms with E-state index in [1.54, 1.807) is 7.11 Å². The molecule has 1 saturated heterocycles. The average molecular weight is 372 g/mol. The van der Waals surface area contributed by atoms with Crippen molar-refractivity contribution < 1.29 is 4.74 Å². The minimum atomic E-state index is 0.363. The van der Waals surface area contributed by atoms with Gasteiger partial charge >= 0.3 is 0 Å². The number of methoxy groups -OCH3 is 1. The fourth-order valence-electron chi connectivity index (χ4n) is 2.97. The Labute approximate surface area is 141 Å². The molecule has 2 nitrogen and oxygen atoms in total. The van der Waals surface area contributed by atoms with Gasteiger partial charge in [0.1, 0.15) is 5.75 Å². The van der Waals surface area contributed by atoms with Crippen molar-refractivity contribution in [3.63, 3.8) is 0 Å². The summed E-state index contributed by atoms with van der Waals surface area (Å²) in [6.45, 7) is 5.76. The summed E-state index contributed by atoms with van der Waals surface area (Å²) in [5.74, 6) is 2.20. The summed E-state index contributed by atoms with van der Waals surface area (Å²) in [6.07, 6.45) is 4.92. The monoisotopic (exact) mass is 371 g/mol. The predicted octanol–water partition coefficient (Wildman–Crippen LogP) is 4.65. The first-order chi connectivity index (χ1) is 10.1. The molecule has 0 radical (unpaired) electrons. The molecule has 0 aromatic heterocycles. The lowest BCUT2D eigenvalue weighted by Gasteiger charge is -2.34. The Morgan fingerprint density at radius 1 is 1.48 bits per heavy atom. The SMILES string of the molecule is CCCNC(Cc1ccc(OC)c(Br)c1)C1(C)CCCS1. The van der Waals surface area contributed by atoms with Crippen molar-refractivity contribution in [2.45, 2.75) is 50.3 Å². The molecule has 2 atom stereocenters. The van der Waals surface area contributed by atoms with Crippen molar-refractivity contribution in [1.29, 1.82) is 0 Å². The molecule has 1 heterocycles. The highest BCUT2D eigenvalue weighted by atomic mass is 79.9. The molecular weight excluding hydrogens is 346 g/mol. The van der Waals surface area contributed by atoms with E-state index in [0.717, 1.165) is 23.2 Å². The summed E-state index contributed by atoms with van der Waals surface area (Å²) in [7, 11) is 1.71. The van der Waals surface area contributed by atoms with Crippen LogP contribution in [0.4, 0.5) is 0 Å². The molecular formula is C17H26BrNOS. The molecule has 0 saturated carbocycles. The topological polar surface area (TPSA) is 21.3 Å². The second-order valence-corrected chi connectivity index (χ2v) is 8.43. The van der Waals surface area contributed by atoms with Crippen LogP contribution in [0.2, 0.25) is 0 Å². The molecule has 0 bridgehead atoms. The molecule has 0 spiro atoms. The number of rotatable bonds is 7. The molecule has 21 heavy (non-hydrogen) atoms. The quantitative estimate of drug-likeness (QED) is 0.753. The van der Waals surface area contributed by atoms with E-state index in [9.17, 15) is 0 Å². The van der Waals surface area contributed by atoms with Gasteiger partial charge < -0.3 is 10.1 Å². The van der Waals surface area contributed by atoms with Crippen LogP contribution in [0.1, 0.15) is 38.7 Å². The van der Waals surface area contributed by atoms with Crippen LogP contribution in [0.15, 0.2) is 22.7 Å². The molecule has 1 aliphatic heterocycles. The molecule has 1 aromatic carbocycles. The summed E-state index contributed by atoms with van der Waals surface area (Å²) in [6, 6.07) is 6.97. The zero-order chi connectivity index (χ0) is 15.3. The van der Waals surface area contributed by atoms with Gasteiger partial charge in [-0.05, 0) is 78.5 Å². The highest BCUT2D eigenvalue weighted by molar-refractivity contribution is 9.10. The highest BCUT2D eigenvalue weighted by Gasteiger charge is 2.37. The lowest BCUT2D eigenvalue weighted by molar-refractivity contribution is 0.397. The van der Waals surface area contributed by atoms with E-state index in [0.29, 0.717) is 10.8 Å². The van der Waals surface area contributed by atoms with Gasteiger partial charge in [0.2, 0.25) is 0 Å². The van der Waals surface area contributed by atoms with Crippen molar-refractivity contribution in [2.24, 2.45) is 0 Å². The maximum Gasteiger partial charge on any atom is 0.133 e. The zero-order valence-corrected chi connectivity index (χ0v) is 15.6. The number of halogens is 1. The van der Waals surface area contributed by atoms with E-state index in [2.05, 4.69) is 65.1 Å². The maximum absolute atomic E-state index is 5.32. The van der Waals surface area contributed by atoms with Gasteiger partial charge in [-0.1, -0.05) is 13.0 Å². The largest absolute Gasteiger partial charge is 0.496 e. The van der Waals surface area contributed by atoms with Crippen LogP contribution in [-0.4, -0.2) is 30.2 Å². The molecule has 2 rings (SSSR count). The first kappa shape index (κ1) is 17.2. The van der Waals surface area contributed by atoms with Crippen LogP contribution in [0, 0.1) is 0 Å². The third-order valence-corrected chi connectivity index (χ3v) is 6.54. The van der Waals surface area contributed by atoms with Crippen molar-refractivity contribution in [2.75, 3.05) is 19.4 Å². The second kappa shape index (κ2) is 7.89. The normalized spacial score (nSPS) is 23.2. The fourth-order valence-corrected chi connectivity index (χ4v) is 4.97. The summed E-state index contributed by atoms with van der Waals surface area (Å²) in [4.78, 5) is 0. The molecule has 4 heteroatoms. The Morgan fingerprint density at radius 2 is 2.29 bits per heavy atom. The number of nitrogens with one attached hydrogen (secondary N) is 1. The van der Waals surface area contributed by atoms with E-state index >= 15 is 0 Å². The molecule has 1 aliphatic rings. The van der Waals surface area contributed by atoms with Gasteiger partial charge in [0.15, 0.2) is 0 Å². The molecule has 1 N–H and O–H groups in total. The van der Waals surface area contributed by atoms with Gasteiger partial charge in [0.05, 0.1) is 11.6 Å². The molecule has 1 fully saturated rings. The van der Waals surface area contributed by atoms with Crippen LogP contribution in [0.3, 0.4) is 0 Å². The van der Waals surface area contributed by atoms with E-state index in [1.807, 2.05) is 0 Å². The average Bonchev–Trinajstić information content (AvgIpc) is 2.91. The second-order valence-electron chi connectivity index (χ2n) is 5.94. The summed E-state index contributed by atoms with van der Waals surface area (Å²) < 4.78 is 6.73. The first-order valence-corrected chi connectivity index (χ1v) is 9.56. The Hall–Kier alpha value is -0.190. The number of benzene rings is 1. The van der Waals surface area contributed by atoms with Gasteiger partial charge in [-0.15, -0.1) is 0 Å². The zero-order valence-electron chi connectivity index (χ0n) is 13.2. The number of ether oxygens (including phenoxy) is 1. The number of thioether (sulfide) groups is 1. The van der Waals surface area contributed by atoms with Crippen molar-refractivity contribution in [3.8, 4) is 5.75 Å². The Balaban J connectivity index is 2.12. The summed E-state index contributed by atoms with van der Waals surface area (Å²) >= 11 is 5.73. The van der Waals surface area contributed by atoms with E-state index in [4.69, 9.17) is 4.74 Å². The summed E-state index contributed by atoms with van der Waals surface area (Å²) in [5.41, 5.74) is 1.37. The Kier molecular flexibility index (Phi) is 6.45. The van der Waals surface area contributed by atoms with Crippen molar-refractivity contribution in [3.05, 3.63) is 28.2 Å². The van der Waals surface area contributed by atoms with Crippen LogP contribution >= 0.6 is 27.7 Å². The smallest absolute Gasteiger partial charge is 0.133 e. The van der Waals surface area contributed by atoms with Crippen LogP contribution in [0.25, 0.3) is 0 Å². The molecule has 0 amide bonds. The number of hydrogen-bond acceptors (Lipinski definition) is 3. The maximum atomic E-state index is 5.32. The van der Waals surface area contributed by atoms with Gasteiger partial charge in [-0.25, -0.2) is 0 Å². The highest BCUT2D eigenvalue weighted by Crippen LogP contribution is 2.41. The third kappa shape index (κ3) is 4.40. The Bertz CT molecular complexity index is 460. The minimum absolute atomic E-state index is 0.363. The van der Waals surface area contributed by atoms with Gasteiger partial charge in [-0.2, -0.15) is 11.8 Å². The summed E-state index contributed by atoms with van der Waals surface area (Å²) in [5, 5.41) is 3.78. The van der Waals surface area contributed by atoms with Gasteiger partial charge in [0.25, 0.3) is 0 Å². The first-order valence-electron chi connectivity index (χ1n) is 7.79. The van der Waals surface area contributed by atoms with E-state index in [1.165, 1.54) is 30.6 Å². The number of hydrogen-bond donors (Lipinski definition) is 1. The van der Waals surface area contributed by atoms with Gasteiger partial charge in [-0.3, -0.25) is 0 Å². The molecule has 118 valence electrons. The van der Waals surface area contributed by atoms with Crippen molar-refractivity contribution in [1.82, 2.24) is 5.32 Å².